The Labute approximate surface area is 97.1 Å². The highest BCUT2D eigenvalue weighted by molar-refractivity contribution is 5.46. The van der Waals surface area contributed by atoms with Gasteiger partial charge in [-0.15, -0.1) is 0 Å². The zero-order valence-electron chi connectivity index (χ0n) is 10.0. The maximum atomic E-state index is 10.3. The molecule has 1 saturated heterocycles. The van der Waals surface area contributed by atoms with Gasteiger partial charge in [-0.1, -0.05) is 12.1 Å². The van der Waals surface area contributed by atoms with Crippen LogP contribution in [0.25, 0.3) is 0 Å². The van der Waals surface area contributed by atoms with E-state index in [0.717, 1.165) is 19.4 Å². The van der Waals surface area contributed by atoms with E-state index >= 15 is 0 Å². The molecule has 0 radical (unpaired) electrons. The van der Waals surface area contributed by atoms with E-state index in [0.29, 0.717) is 6.54 Å². The summed E-state index contributed by atoms with van der Waals surface area (Å²) in [4.78, 5) is 2.08. The van der Waals surface area contributed by atoms with Crippen molar-refractivity contribution in [1.82, 2.24) is 5.32 Å². The van der Waals surface area contributed by atoms with Crippen molar-refractivity contribution >= 4 is 5.69 Å². The summed E-state index contributed by atoms with van der Waals surface area (Å²) in [5.41, 5.74) is 1.86. The molecule has 1 unspecified atom stereocenters. The first kappa shape index (κ1) is 11.4. The van der Waals surface area contributed by atoms with E-state index < -0.39 is 5.60 Å². The molecular weight excluding hydrogens is 200 g/mol. The molecule has 3 nitrogen and oxygen atoms in total. The lowest BCUT2D eigenvalue weighted by atomic mass is 9.94. The molecule has 3 heteroatoms. The van der Waals surface area contributed by atoms with Gasteiger partial charge in [0.25, 0.3) is 0 Å². The van der Waals surface area contributed by atoms with Gasteiger partial charge in [-0.2, -0.15) is 0 Å². The van der Waals surface area contributed by atoms with Crippen LogP contribution in [0.3, 0.4) is 0 Å². The smallest absolute Gasteiger partial charge is 0.0823 e. The van der Waals surface area contributed by atoms with Crippen molar-refractivity contribution in [3.8, 4) is 0 Å². The maximum absolute atomic E-state index is 10.3. The average molecular weight is 220 g/mol. The second-order valence-electron chi connectivity index (χ2n) is 4.89. The van der Waals surface area contributed by atoms with Crippen molar-refractivity contribution in [3.05, 3.63) is 29.8 Å². The van der Waals surface area contributed by atoms with Gasteiger partial charge < -0.3 is 15.3 Å². The normalized spacial score (nSPS) is 24.7. The number of rotatable bonds is 3. The third-order valence-electron chi connectivity index (χ3n) is 3.21. The van der Waals surface area contributed by atoms with E-state index in [4.69, 9.17) is 0 Å². The highest BCUT2D eigenvalue weighted by atomic mass is 16.3. The van der Waals surface area contributed by atoms with E-state index in [1.54, 1.807) is 0 Å². The Morgan fingerprint density at radius 3 is 2.50 bits per heavy atom. The Morgan fingerprint density at radius 1 is 1.31 bits per heavy atom. The topological polar surface area (TPSA) is 35.5 Å². The van der Waals surface area contributed by atoms with E-state index in [-0.39, 0.29) is 0 Å². The first-order valence-corrected chi connectivity index (χ1v) is 5.78. The zero-order chi connectivity index (χ0) is 11.6. The Balaban J connectivity index is 2.05. The summed E-state index contributed by atoms with van der Waals surface area (Å²) in [6.07, 6.45) is 1.59. The highest BCUT2D eigenvalue weighted by Gasteiger charge is 2.30. The van der Waals surface area contributed by atoms with Crippen LogP contribution in [0.4, 0.5) is 5.69 Å². The Morgan fingerprint density at radius 2 is 2.00 bits per heavy atom. The van der Waals surface area contributed by atoms with Crippen LogP contribution in [-0.4, -0.2) is 37.9 Å². The summed E-state index contributed by atoms with van der Waals surface area (Å²) in [5, 5.41) is 13.5. The summed E-state index contributed by atoms with van der Waals surface area (Å²) in [7, 11) is 4.06. The number of nitrogens with zero attached hydrogens (tertiary/aromatic N) is 1. The van der Waals surface area contributed by atoms with Crippen LogP contribution in [0.15, 0.2) is 24.3 Å². The third-order valence-corrected chi connectivity index (χ3v) is 3.21. The van der Waals surface area contributed by atoms with Crippen LogP contribution in [0.2, 0.25) is 0 Å². The highest BCUT2D eigenvalue weighted by Crippen LogP contribution is 2.21. The summed E-state index contributed by atoms with van der Waals surface area (Å²) >= 11 is 0. The van der Waals surface area contributed by atoms with Gasteiger partial charge >= 0.3 is 0 Å². The average Bonchev–Trinajstić information content (AvgIpc) is 2.65. The molecule has 1 aliphatic rings. The predicted octanol–water partition coefficient (Wildman–Crippen LogP) is 1.02. The molecule has 0 amide bonds. The van der Waals surface area contributed by atoms with Gasteiger partial charge in [0, 0.05) is 32.7 Å². The number of anilines is 1. The Hall–Kier alpha value is -1.06. The van der Waals surface area contributed by atoms with Crippen LogP contribution in [-0.2, 0) is 6.42 Å². The Bertz CT molecular complexity index is 339. The predicted molar refractivity (Wildman–Crippen MR) is 66.9 cm³/mol. The first-order valence-electron chi connectivity index (χ1n) is 5.78. The van der Waals surface area contributed by atoms with Crippen LogP contribution >= 0.6 is 0 Å². The minimum absolute atomic E-state index is 0.542. The molecular formula is C13H20N2O. The number of benzene rings is 1. The molecule has 1 heterocycles. The molecule has 2 N–H and O–H groups in total. The van der Waals surface area contributed by atoms with Crippen LogP contribution in [0.5, 0.6) is 0 Å². The van der Waals surface area contributed by atoms with Crippen molar-refractivity contribution in [2.24, 2.45) is 0 Å². The van der Waals surface area contributed by atoms with Crippen LogP contribution < -0.4 is 10.2 Å². The largest absolute Gasteiger partial charge is 0.388 e. The Kier molecular flexibility index (Phi) is 3.17. The van der Waals surface area contributed by atoms with Gasteiger partial charge in [0.2, 0.25) is 0 Å². The molecule has 0 aliphatic carbocycles. The van der Waals surface area contributed by atoms with Gasteiger partial charge in [0.15, 0.2) is 0 Å². The summed E-state index contributed by atoms with van der Waals surface area (Å²) in [6, 6.07) is 8.40. The van der Waals surface area contributed by atoms with Gasteiger partial charge in [-0.3, -0.25) is 0 Å². The number of nitrogens with one attached hydrogen (secondary N) is 1. The number of hydrogen-bond donors (Lipinski definition) is 2. The van der Waals surface area contributed by atoms with E-state index in [1.165, 1.54) is 11.3 Å². The molecule has 1 aromatic carbocycles. The molecule has 0 bridgehead atoms. The lowest BCUT2D eigenvalue weighted by Gasteiger charge is -2.21. The summed E-state index contributed by atoms with van der Waals surface area (Å²) in [5.74, 6) is 0. The fourth-order valence-electron chi connectivity index (χ4n) is 2.17. The molecule has 1 aliphatic heterocycles. The molecule has 16 heavy (non-hydrogen) atoms. The number of aliphatic hydroxyl groups is 1. The lowest BCUT2D eigenvalue weighted by molar-refractivity contribution is 0.0619. The fourth-order valence-corrected chi connectivity index (χ4v) is 2.17. The SMILES string of the molecule is CN(C)c1ccc(CC2(O)CCNC2)cc1. The van der Waals surface area contributed by atoms with Crippen molar-refractivity contribution in [2.45, 2.75) is 18.4 Å². The third kappa shape index (κ3) is 2.54. The van der Waals surface area contributed by atoms with Crippen molar-refractivity contribution in [1.29, 1.82) is 0 Å². The van der Waals surface area contributed by atoms with Gasteiger partial charge in [0.1, 0.15) is 0 Å². The standard InChI is InChI=1S/C13H20N2O/c1-15(2)12-5-3-11(4-6-12)9-13(16)7-8-14-10-13/h3-6,14,16H,7-10H2,1-2H3. The molecule has 1 aromatic rings. The molecule has 1 atom stereocenters. The minimum atomic E-state index is -0.542. The monoisotopic (exact) mass is 220 g/mol. The zero-order valence-corrected chi connectivity index (χ0v) is 10.0. The molecule has 88 valence electrons. The quantitative estimate of drug-likeness (QED) is 0.798. The van der Waals surface area contributed by atoms with E-state index in [9.17, 15) is 5.11 Å². The summed E-state index contributed by atoms with van der Waals surface area (Å²) < 4.78 is 0. The second-order valence-corrected chi connectivity index (χ2v) is 4.89. The molecule has 2 rings (SSSR count). The molecule has 0 spiro atoms. The molecule has 0 saturated carbocycles. The maximum Gasteiger partial charge on any atom is 0.0823 e. The van der Waals surface area contributed by atoms with Gasteiger partial charge in [0.05, 0.1) is 5.60 Å². The van der Waals surface area contributed by atoms with Crippen LogP contribution in [0, 0.1) is 0 Å². The van der Waals surface area contributed by atoms with Crippen LogP contribution in [0.1, 0.15) is 12.0 Å². The number of hydrogen-bond acceptors (Lipinski definition) is 3. The first-order chi connectivity index (χ1) is 7.59. The van der Waals surface area contributed by atoms with Crippen molar-refractivity contribution in [3.63, 3.8) is 0 Å². The van der Waals surface area contributed by atoms with E-state index in [1.807, 2.05) is 14.1 Å². The molecule has 1 fully saturated rings. The minimum Gasteiger partial charge on any atom is -0.388 e. The van der Waals surface area contributed by atoms with Gasteiger partial charge in [-0.25, -0.2) is 0 Å². The summed E-state index contributed by atoms with van der Waals surface area (Å²) in [6.45, 7) is 1.63. The second kappa shape index (κ2) is 4.44. The van der Waals surface area contributed by atoms with E-state index in [2.05, 4.69) is 34.5 Å². The molecule has 0 aromatic heterocycles. The van der Waals surface area contributed by atoms with Crippen molar-refractivity contribution < 1.29 is 5.11 Å². The number of β-amino-alcohol motifs (C(OH)–C–C–N with tert-alkyl or cyclic N) is 1. The lowest BCUT2D eigenvalue weighted by Crippen LogP contribution is -2.33. The van der Waals surface area contributed by atoms with Crippen molar-refractivity contribution in [2.75, 3.05) is 32.1 Å². The van der Waals surface area contributed by atoms with Gasteiger partial charge in [-0.05, 0) is 30.7 Å². The fraction of sp³-hybridized carbons (Fsp3) is 0.538.